The number of aryl methyl sites for hydroxylation is 2. The minimum atomic E-state index is -4.54. The highest BCUT2D eigenvalue weighted by Gasteiger charge is 2.34. The van der Waals surface area contributed by atoms with E-state index in [-0.39, 0.29) is 24.3 Å². The van der Waals surface area contributed by atoms with Crippen LogP contribution in [0.4, 0.5) is 19.0 Å². The predicted molar refractivity (Wildman–Crippen MR) is 93.5 cm³/mol. The number of halogens is 3. The van der Waals surface area contributed by atoms with E-state index in [1.807, 2.05) is 12.1 Å². The van der Waals surface area contributed by atoms with Crippen LogP contribution < -0.4 is 5.32 Å². The van der Waals surface area contributed by atoms with E-state index in [1.165, 1.54) is 17.8 Å². The first-order valence-electron chi connectivity index (χ1n) is 8.24. The monoisotopic (exact) mass is 388 g/mol. The summed E-state index contributed by atoms with van der Waals surface area (Å²) < 4.78 is 40.7. The molecule has 3 rings (SSSR count). The van der Waals surface area contributed by atoms with Gasteiger partial charge in [0, 0.05) is 18.7 Å². The zero-order valence-electron chi connectivity index (χ0n) is 14.7. The summed E-state index contributed by atoms with van der Waals surface area (Å²) in [6, 6.07) is 11.8. The molecule has 2 aromatic heterocycles. The van der Waals surface area contributed by atoms with E-state index >= 15 is 0 Å². The zero-order chi connectivity index (χ0) is 20.3. The minimum absolute atomic E-state index is 0.0326. The summed E-state index contributed by atoms with van der Waals surface area (Å²) in [4.78, 5) is 12.3. The zero-order valence-corrected chi connectivity index (χ0v) is 14.7. The van der Waals surface area contributed by atoms with Gasteiger partial charge in [0.1, 0.15) is 11.6 Å². The van der Waals surface area contributed by atoms with Gasteiger partial charge >= 0.3 is 6.18 Å². The van der Waals surface area contributed by atoms with Gasteiger partial charge in [-0.25, -0.2) is 4.68 Å². The number of benzene rings is 1. The fourth-order valence-electron chi connectivity index (χ4n) is 2.59. The van der Waals surface area contributed by atoms with Crippen LogP contribution in [0.5, 0.6) is 0 Å². The van der Waals surface area contributed by atoms with Gasteiger partial charge in [0.05, 0.1) is 11.9 Å². The van der Waals surface area contributed by atoms with Crippen molar-refractivity contribution in [2.45, 2.75) is 26.1 Å². The molecule has 3 aromatic rings. The number of anilines is 1. The molecule has 0 aliphatic heterocycles. The molecule has 0 bridgehead atoms. The highest BCUT2D eigenvalue weighted by atomic mass is 19.4. The van der Waals surface area contributed by atoms with Crippen molar-refractivity contribution in [1.82, 2.24) is 19.6 Å². The van der Waals surface area contributed by atoms with Gasteiger partial charge in [-0.2, -0.15) is 28.6 Å². The number of nitrogens with one attached hydrogen (secondary N) is 1. The summed E-state index contributed by atoms with van der Waals surface area (Å²) in [5, 5.41) is 19.5. The molecule has 0 unspecified atom stereocenters. The maximum absolute atomic E-state index is 12.7. The Kier molecular flexibility index (Phi) is 5.17. The number of aromatic nitrogens is 4. The topological polar surface area (TPSA) is 88.5 Å². The van der Waals surface area contributed by atoms with Crippen LogP contribution in [-0.4, -0.2) is 25.5 Å². The van der Waals surface area contributed by atoms with Gasteiger partial charge in [-0.1, -0.05) is 18.2 Å². The Balaban J connectivity index is 1.74. The number of rotatable bonds is 5. The standard InChI is InChI=1S/C18H15F3N6O/c1-12-9-15(18(19,20)21)25-26(12)8-7-16(28)24-17-13(10-22)11-23-27(17)14-5-3-2-4-6-14/h2-6,9,11H,7-8H2,1H3,(H,24,28). The quantitative estimate of drug-likeness (QED) is 0.726. The first kappa shape index (κ1) is 19.2. The van der Waals surface area contributed by atoms with Gasteiger partial charge < -0.3 is 5.32 Å². The van der Waals surface area contributed by atoms with Crippen LogP contribution in [0.15, 0.2) is 42.6 Å². The van der Waals surface area contributed by atoms with Crippen LogP contribution in [0.25, 0.3) is 5.69 Å². The van der Waals surface area contributed by atoms with Gasteiger partial charge in [-0.3, -0.25) is 9.48 Å². The molecule has 1 N–H and O–H groups in total. The van der Waals surface area contributed by atoms with E-state index in [2.05, 4.69) is 15.5 Å². The van der Waals surface area contributed by atoms with Gasteiger partial charge in [0.2, 0.25) is 5.91 Å². The maximum atomic E-state index is 12.7. The van der Waals surface area contributed by atoms with Crippen LogP contribution in [-0.2, 0) is 17.5 Å². The number of hydrogen-bond donors (Lipinski definition) is 1. The fraction of sp³-hybridized carbons (Fsp3) is 0.222. The van der Waals surface area contributed by atoms with Crippen molar-refractivity contribution in [3.05, 3.63) is 59.5 Å². The van der Waals surface area contributed by atoms with E-state index in [0.29, 0.717) is 11.4 Å². The molecular formula is C18H15F3N6O. The van der Waals surface area contributed by atoms with Crippen molar-refractivity contribution < 1.29 is 18.0 Å². The third-order valence-corrected chi connectivity index (χ3v) is 3.97. The molecule has 2 heterocycles. The lowest BCUT2D eigenvalue weighted by atomic mass is 10.3. The van der Waals surface area contributed by atoms with Crippen molar-refractivity contribution in [3.63, 3.8) is 0 Å². The fourth-order valence-corrected chi connectivity index (χ4v) is 2.59. The van der Waals surface area contributed by atoms with Crippen molar-refractivity contribution in [2.24, 2.45) is 0 Å². The molecule has 0 saturated heterocycles. The van der Waals surface area contributed by atoms with E-state index in [9.17, 15) is 23.2 Å². The van der Waals surface area contributed by atoms with E-state index < -0.39 is 17.8 Å². The Morgan fingerprint density at radius 3 is 2.61 bits per heavy atom. The number of para-hydroxylation sites is 1. The third kappa shape index (κ3) is 4.03. The number of amides is 1. The van der Waals surface area contributed by atoms with E-state index in [4.69, 9.17) is 0 Å². The Morgan fingerprint density at radius 2 is 2.00 bits per heavy atom. The summed E-state index contributed by atoms with van der Waals surface area (Å²) in [6.45, 7) is 1.45. The number of alkyl halides is 3. The second-order valence-corrected chi connectivity index (χ2v) is 5.96. The number of carbonyl (C=O) groups excluding carboxylic acids is 1. The Morgan fingerprint density at radius 1 is 1.29 bits per heavy atom. The maximum Gasteiger partial charge on any atom is 0.435 e. The third-order valence-electron chi connectivity index (χ3n) is 3.97. The molecule has 28 heavy (non-hydrogen) atoms. The molecule has 0 fully saturated rings. The first-order valence-corrected chi connectivity index (χ1v) is 8.24. The van der Waals surface area contributed by atoms with Gasteiger partial charge in [0.25, 0.3) is 0 Å². The summed E-state index contributed by atoms with van der Waals surface area (Å²) >= 11 is 0. The normalized spacial score (nSPS) is 11.2. The van der Waals surface area contributed by atoms with Crippen LogP contribution in [0.3, 0.4) is 0 Å². The van der Waals surface area contributed by atoms with Crippen molar-refractivity contribution >= 4 is 11.7 Å². The van der Waals surface area contributed by atoms with Crippen molar-refractivity contribution in [3.8, 4) is 11.8 Å². The summed E-state index contributed by atoms with van der Waals surface area (Å²) in [5.74, 6) is -0.274. The molecule has 1 amide bonds. The summed E-state index contributed by atoms with van der Waals surface area (Å²) in [5.41, 5.74) is 0.121. The second kappa shape index (κ2) is 7.56. The van der Waals surface area contributed by atoms with Crippen LogP contribution >= 0.6 is 0 Å². The Bertz CT molecular complexity index is 1030. The largest absolute Gasteiger partial charge is 0.435 e. The highest BCUT2D eigenvalue weighted by Crippen LogP contribution is 2.28. The Labute approximate surface area is 158 Å². The van der Waals surface area contributed by atoms with Crippen LogP contribution in [0.2, 0.25) is 0 Å². The lowest BCUT2D eigenvalue weighted by Crippen LogP contribution is -2.18. The van der Waals surface area contributed by atoms with E-state index in [0.717, 1.165) is 10.7 Å². The molecule has 0 aliphatic carbocycles. The molecule has 144 valence electrons. The number of carbonyl (C=O) groups is 1. The number of hydrogen-bond acceptors (Lipinski definition) is 4. The molecule has 10 heteroatoms. The van der Waals surface area contributed by atoms with E-state index in [1.54, 1.807) is 24.3 Å². The molecule has 0 aliphatic rings. The summed E-state index contributed by atoms with van der Waals surface area (Å²) in [7, 11) is 0. The first-order chi connectivity index (χ1) is 13.3. The second-order valence-electron chi connectivity index (χ2n) is 5.96. The molecular weight excluding hydrogens is 373 g/mol. The highest BCUT2D eigenvalue weighted by molar-refractivity contribution is 5.91. The molecule has 1 aromatic carbocycles. The molecule has 7 nitrogen and oxygen atoms in total. The van der Waals surface area contributed by atoms with Crippen molar-refractivity contribution in [2.75, 3.05) is 5.32 Å². The SMILES string of the molecule is Cc1cc(C(F)(F)F)nn1CCC(=O)Nc1c(C#N)cnn1-c1ccccc1. The number of nitrogens with zero attached hydrogens (tertiary/aromatic N) is 5. The van der Waals surface area contributed by atoms with Gasteiger partial charge in [-0.15, -0.1) is 0 Å². The smallest absolute Gasteiger partial charge is 0.309 e. The molecule has 0 radical (unpaired) electrons. The van der Waals surface area contributed by atoms with Crippen LogP contribution in [0, 0.1) is 18.3 Å². The average molecular weight is 388 g/mol. The Hall–Kier alpha value is -3.61. The summed E-state index contributed by atoms with van der Waals surface area (Å²) in [6.07, 6.45) is -3.33. The number of nitriles is 1. The minimum Gasteiger partial charge on any atom is -0.309 e. The molecule has 0 atom stereocenters. The average Bonchev–Trinajstić information content (AvgIpc) is 3.23. The lowest BCUT2D eigenvalue weighted by molar-refractivity contribution is -0.141. The van der Waals surface area contributed by atoms with Gasteiger partial charge in [-0.05, 0) is 25.1 Å². The van der Waals surface area contributed by atoms with Crippen LogP contribution in [0.1, 0.15) is 23.4 Å². The molecule has 0 spiro atoms. The van der Waals surface area contributed by atoms with Gasteiger partial charge in [0.15, 0.2) is 11.5 Å². The predicted octanol–water partition coefficient (Wildman–Crippen LogP) is 3.30. The molecule has 0 saturated carbocycles. The van der Waals surface area contributed by atoms with Crippen molar-refractivity contribution in [1.29, 1.82) is 5.26 Å². The lowest BCUT2D eigenvalue weighted by Gasteiger charge is -2.10.